The molecule has 7 rings (SSSR count). The molecule has 4 aromatic carbocycles. The highest BCUT2D eigenvalue weighted by molar-refractivity contribution is 5.61. The van der Waals surface area contributed by atoms with Crippen molar-refractivity contribution in [3.8, 4) is 34.4 Å². The fraction of sp³-hybridized carbons (Fsp3) is 0.543. The first-order chi connectivity index (χ1) is 39.9. The summed E-state index contributed by atoms with van der Waals surface area (Å²) in [6.07, 6.45) is 40.9. The number of carbonyl (C=O) groups excluding carboxylic acids is 2. The van der Waals surface area contributed by atoms with Gasteiger partial charge >= 0.3 is 0 Å². The minimum atomic E-state index is -1.08. The van der Waals surface area contributed by atoms with Crippen LogP contribution in [0.2, 0.25) is 0 Å². The van der Waals surface area contributed by atoms with Crippen LogP contribution in [0, 0.1) is 0 Å². The molecule has 12 heteroatoms. The normalized spacial score (nSPS) is 11.7. The molecule has 82 heavy (non-hydrogen) atoms. The van der Waals surface area contributed by atoms with Crippen molar-refractivity contribution in [1.82, 2.24) is 9.13 Å². The number of aliphatic carboxylic acids is 2. The van der Waals surface area contributed by atoms with Crippen LogP contribution in [0.1, 0.15) is 228 Å². The van der Waals surface area contributed by atoms with Crippen LogP contribution in [0.15, 0.2) is 98.1 Å². The number of aryl methyl sites for hydroxylation is 2. The summed E-state index contributed by atoms with van der Waals surface area (Å²) in [5, 5.41) is 17.8. The average molecular weight is 1130 g/mol. The van der Waals surface area contributed by atoms with Crippen LogP contribution in [0.4, 0.5) is 0 Å². The smallest absolute Gasteiger partial charge is 0.248 e. The van der Waals surface area contributed by atoms with Crippen LogP contribution in [-0.2, 0) is 48.4 Å². The number of ether oxygens (including phenoxy) is 4. The van der Waals surface area contributed by atoms with E-state index in [0.717, 1.165) is 109 Å². The molecular weight excluding hydrogens is 1020 g/mol. The highest BCUT2D eigenvalue weighted by atomic mass is 16.5. The number of para-hydroxylation sites is 2. The Morgan fingerprint density at radius 3 is 0.927 bits per heavy atom. The average Bonchev–Trinajstić information content (AvgIpc) is 4.17. The second kappa shape index (κ2) is 37.5. The van der Waals surface area contributed by atoms with Gasteiger partial charge in [-0.05, 0) is 112 Å². The number of carboxylic acid groups (broad SMARTS) is 2. The van der Waals surface area contributed by atoms with Gasteiger partial charge in [-0.25, -0.2) is 18.3 Å². The Hall–Kier alpha value is -6.56. The molecule has 1 aliphatic carbocycles. The number of benzene rings is 4. The fourth-order valence-corrected chi connectivity index (χ4v) is 10.7. The summed E-state index contributed by atoms with van der Waals surface area (Å²) < 4.78 is 37.0. The molecule has 0 N–H and O–H groups in total. The number of fused-ring (bicyclic) bond motifs is 8. The van der Waals surface area contributed by atoms with Gasteiger partial charge in [0.1, 0.15) is 59.2 Å². The molecule has 0 spiro atoms. The van der Waals surface area contributed by atoms with E-state index in [-0.39, 0.29) is 0 Å². The number of imidazole rings is 2. The van der Waals surface area contributed by atoms with Crippen molar-refractivity contribution in [2.75, 3.05) is 26.4 Å². The van der Waals surface area contributed by atoms with Crippen LogP contribution in [0.25, 0.3) is 11.4 Å². The Bertz CT molecular complexity index is 2520. The van der Waals surface area contributed by atoms with Crippen molar-refractivity contribution in [2.45, 2.75) is 223 Å². The summed E-state index contributed by atoms with van der Waals surface area (Å²) in [4.78, 5) is 17.8. The molecule has 0 saturated heterocycles. The first-order valence-electron chi connectivity index (χ1n) is 31.5. The number of unbranched alkanes of at least 4 members (excludes halogenated alkanes) is 14. The zero-order valence-corrected chi connectivity index (χ0v) is 51.5. The lowest BCUT2D eigenvalue weighted by Gasteiger charge is -2.23. The summed E-state index contributed by atoms with van der Waals surface area (Å²) >= 11 is 0. The number of carbonyl (C=O) groups is 2. The predicted molar refractivity (Wildman–Crippen MR) is 326 cm³/mol. The number of aromatic nitrogens is 4. The lowest BCUT2D eigenvalue weighted by molar-refractivity contribution is -0.696. The summed E-state index contributed by atoms with van der Waals surface area (Å²) in [5.41, 5.74) is 11.6. The third-order valence-corrected chi connectivity index (χ3v) is 14.7. The van der Waals surface area contributed by atoms with Crippen LogP contribution in [0.5, 0.6) is 23.0 Å². The monoisotopic (exact) mass is 1120 g/mol. The van der Waals surface area contributed by atoms with E-state index >= 15 is 0 Å². The van der Waals surface area contributed by atoms with E-state index in [4.69, 9.17) is 38.7 Å². The molecule has 448 valence electrons. The lowest BCUT2D eigenvalue weighted by Crippen LogP contribution is -2.30. The van der Waals surface area contributed by atoms with E-state index in [0.29, 0.717) is 52.1 Å². The molecule has 2 aromatic heterocycles. The second-order valence-corrected chi connectivity index (χ2v) is 22.1. The first-order valence-corrected chi connectivity index (χ1v) is 31.5. The topological polar surface area (TPSA) is 135 Å². The van der Waals surface area contributed by atoms with E-state index < -0.39 is 11.9 Å². The number of rotatable bonds is 32. The van der Waals surface area contributed by atoms with Gasteiger partial charge in [-0.15, -0.1) is 0 Å². The maximum absolute atomic E-state index is 8.89. The third-order valence-electron chi connectivity index (χ3n) is 14.7. The van der Waals surface area contributed by atoms with Gasteiger partial charge in [-0.2, -0.15) is 0 Å². The lowest BCUT2D eigenvalue weighted by atomic mass is 9.90. The fourth-order valence-electron chi connectivity index (χ4n) is 10.7. The number of nitrogens with zero attached hydrogens (tertiary/aromatic N) is 4. The van der Waals surface area contributed by atoms with Crippen LogP contribution < -0.4 is 38.3 Å². The van der Waals surface area contributed by atoms with Crippen LogP contribution in [0.3, 0.4) is 0 Å². The van der Waals surface area contributed by atoms with Crippen molar-refractivity contribution in [3.05, 3.63) is 143 Å². The quantitative estimate of drug-likeness (QED) is 0.0301. The minimum absolute atomic E-state index is 0.637. The molecule has 0 unspecified atom stereocenters. The van der Waals surface area contributed by atoms with Gasteiger partial charge in [0.05, 0.1) is 39.5 Å². The third kappa shape index (κ3) is 22.3. The van der Waals surface area contributed by atoms with Gasteiger partial charge < -0.3 is 38.7 Å². The highest BCUT2D eigenvalue weighted by Crippen LogP contribution is 2.41. The maximum atomic E-state index is 8.89. The Labute approximate surface area is 492 Å². The SMILES string of the molecule is CC(=O)[O-].CC(=O)[O-].CCCCCCCCCC[n+]1ccn(-c2cc3c(OCCC)c(c2)Cc2cccc(c2OCCC)Cc2cc(-n4cc[n+](CCCCCCCCCC)c4)cc(c2OCCC)Cc2cccc(c2OCCC)C3)c1. The molecule has 2 heterocycles. The first kappa shape index (κ1) is 66.2. The molecule has 0 atom stereocenters. The van der Waals surface area contributed by atoms with E-state index in [1.165, 1.54) is 125 Å². The molecule has 0 aliphatic heterocycles. The van der Waals surface area contributed by atoms with Crippen molar-refractivity contribution in [1.29, 1.82) is 0 Å². The van der Waals surface area contributed by atoms with E-state index in [1.54, 1.807) is 0 Å². The Balaban J connectivity index is 0.00000144. The Kier molecular flexibility index (Phi) is 30.3. The minimum Gasteiger partial charge on any atom is -0.550 e. The van der Waals surface area contributed by atoms with E-state index in [2.05, 4.69) is 158 Å². The summed E-state index contributed by atoms with van der Waals surface area (Å²) in [6, 6.07) is 23.0. The molecule has 1 aliphatic rings. The molecule has 0 saturated carbocycles. The largest absolute Gasteiger partial charge is 0.550 e. The molecule has 0 fully saturated rings. The maximum Gasteiger partial charge on any atom is 0.248 e. The molecule has 6 aromatic rings. The number of hydrogen-bond donors (Lipinski definition) is 0. The standard InChI is InChI=1S/C66H94N4O4.2C2H4O2/c1-7-13-15-17-19-21-23-25-33-67-35-37-69(51-67)61-47-57-43-53-29-27-31-55(63(53)71-39-9-3)45-59-49-62(70-38-36-68(52-70)34-26-24-22-20-18-16-14-8-2)50-60(66(59)74-42-12-6)46-56-32-28-30-54(64(56)72-40-10-4)44-58(48-61)65(57)73-41-11-5;2*1-2(3)4/h27-32,35-38,47-52H,7-26,33-34,39-46H2,1-6H3;2*1H3,(H,3,4)/q+2;;/p-2. The van der Waals surface area contributed by atoms with Crippen LogP contribution >= 0.6 is 0 Å². The van der Waals surface area contributed by atoms with Gasteiger partial charge in [0.2, 0.25) is 12.7 Å². The predicted octanol–water partition coefficient (Wildman–Crippen LogP) is 13.5. The highest BCUT2D eigenvalue weighted by Gasteiger charge is 2.25. The number of carboxylic acids is 2. The molecule has 0 radical (unpaired) electrons. The Morgan fingerprint density at radius 1 is 0.402 bits per heavy atom. The zero-order chi connectivity index (χ0) is 58.9. The summed E-state index contributed by atoms with van der Waals surface area (Å²) in [5.74, 6) is 1.71. The van der Waals surface area contributed by atoms with E-state index in [1.807, 2.05) is 0 Å². The zero-order valence-electron chi connectivity index (χ0n) is 51.5. The number of hydrogen-bond acceptors (Lipinski definition) is 8. The van der Waals surface area contributed by atoms with Gasteiger partial charge in [-0.1, -0.05) is 155 Å². The molecule has 0 amide bonds. The van der Waals surface area contributed by atoms with Crippen LogP contribution in [-0.4, -0.2) is 47.5 Å². The van der Waals surface area contributed by atoms with Crippen molar-refractivity contribution >= 4 is 11.9 Å². The Morgan fingerprint density at radius 2 is 0.659 bits per heavy atom. The molecule has 12 nitrogen and oxygen atoms in total. The summed E-state index contributed by atoms with van der Waals surface area (Å²) in [7, 11) is 0. The molecular formula is C70H100N4O8. The van der Waals surface area contributed by atoms with Gasteiger partial charge in [0, 0.05) is 59.9 Å². The van der Waals surface area contributed by atoms with Crippen molar-refractivity contribution in [3.63, 3.8) is 0 Å². The van der Waals surface area contributed by atoms with Gasteiger partial charge in [0.15, 0.2) is 0 Å². The van der Waals surface area contributed by atoms with Gasteiger partial charge in [-0.3, -0.25) is 0 Å². The van der Waals surface area contributed by atoms with Crippen molar-refractivity contribution in [2.24, 2.45) is 0 Å². The molecule has 8 bridgehead atoms. The second-order valence-electron chi connectivity index (χ2n) is 22.1. The van der Waals surface area contributed by atoms with Gasteiger partial charge in [0.25, 0.3) is 0 Å². The summed E-state index contributed by atoms with van der Waals surface area (Å²) in [6.45, 7) is 19.9. The van der Waals surface area contributed by atoms with E-state index in [9.17, 15) is 0 Å². The van der Waals surface area contributed by atoms with Crippen molar-refractivity contribution < 1.29 is 47.9 Å².